The number of nitrogens with zero attached hydrogens (tertiary/aromatic N) is 1. The van der Waals surface area contributed by atoms with Crippen LogP contribution in [0.2, 0.25) is 0 Å². The molecule has 0 radical (unpaired) electrons. The summed E-state index contributed by atoms with van der Waals surface area (Å²) in [5, 5.41) is 3.12. The summed E-state index contributed by atoms with van der Waals surface area (Å²) in [5.74, 6) is 0. The van der Waals surface area contributed by atoms with Gasteiger partial charge in [-0.05, 0) is 30.5 Å². The summed E-state index contributed by atoms with van der Waals surface area (Å²) in [5.41, 5.74) is 1.06. The fourth-order valence-electron chi connectivity index (χ4n) is 2.24. The van der Waals surface area contributed by atoms with Crippen molar-refractivity contribution in [1.29, 1.82) is 0 Å². The molecule has 0 N–H and O–H groups in total. The predicted molar refractivity (Wildman–Crippen MR) is 66.5 cm³/mol. The van der Waals surface area contributed by atoms with E-state index in [4.69, 9.17) is 4.74 Å². The van der Waals surface area contributed by atoms with Gasteiger partial charge in [-0.2, -0.15) is 4.91 Å². The van der Waals surface area contributed by atoms with Gasteiger partial charge >= 0.3 is 0 Å². The highest BCUT2D eigenvalue weighted by atomic mass is 79.9. The van der Waals surface area contributed by atoms with Crippen molar-refractivity contribution in [2.24, 2.45) is 5.18 Å². The Kier molecular flexibility index (Phi) is 3.71. The second-order valence-corrected chi connectivity index (χ2v) is 5.11. The Morgan fingerprint density at radius 3 is 2.75 bits per heavy atom. The highest BCUT2D eigenvalue weighted by molar-refractivity contribution is 9.10. The van der Waals surface area contributed by atoms with Gasteiger partial charge in [-0.3, -0.25) is 0 Å². The Morgan fingerprint density at radius 2 is 2.12 bits per heavy atom. The molecule has 86 valence electrons. The van der Waals surface area contributed by atoms with Gasteiger partial charge in [0.05, 0.1) is 6.54 Å². The summed E-state index contributed by atoms with van der Waals surface area (Å²) in [6, 6.07) is 8.14. The number of nitroso groups, excluding NO2 is 1. The van der Waals surface area contributed by atoms with Gasteiger partial charge in [-0.1, -0.05) is 33.2 Å². The molecule has 3 nitrogen and oxygen atoms in total. The second-order valence-electron chi connectivity index (χ2n) is 4.19. The fraction of sp³-hybridized carbons (Fsp3) is 0.500. The van der Waals surface area contributed by atoms with Crippen LogP contribution < -0.4 is 0 Å². The molecule has 4 heteroatoms. The largest absolute Gasteiger partial charge is 0.381 e. The summed E-state index contributed by atoms with van der Waals surface area (Å²) < 4.78 is 6.41. The van der Waals surface area contributed by atoms with Crippen molar-refractivity contribution in [3.8, 4) is 0 Å². The molecule has 2 rings (SSSR count). The molecular weight excluding hydrogens is 270 g/mol. The van der Waals surface area contributed by atoms with Crippen LogP contribution in [0.5, 0.6) is 0 Å². The molecule has 0 saturated carbocycles. The number of halogens is 1. The Balaban J connectivity index is 2.34. The van der Waals surface area contributed by atoms with Gasteiger partial charge in [0.25, 0.3) is 0 Å². The van der Waals surface area contributed by atoms with Gasteiger partial charge in [-0.15, -0.1) is 0 Å². The Hall–Kier alpha value is -0.740. The molecule has 1 aliphatic heterocycles. The molecule has 16 heavy (non-hydrogen) atoms. The molecule has 1 fully saturated rings. The molecule has 1 saturated heterocycles. The van der Waals surface area contributed by atoms with Gasteiger partial charge < -0.3 is 4.74 Å². The van der Waals surface area contributed by atoms with E-state index in [0.29, 0.717) is 19.8 Å². The highest BCUT2D eigenvalue weighted by Gasteiger charge is 2.34. The van der Waals surface area contributed by atoms with E-state index in [0.717, 1.165) is 17.3 Å². The van der Waals surface area contributed by atoms with Gasteiger partial charge in [0.1, 0.15) is 0 Å². The lowest BCUT2D eigenvalue weighted by molar-refractivity contribution is 0.0530. The van der Waals surface area contributed by atoms with Crippen molar-refractivity contribution in [1.82, 2.24) is 0 Å². The van der Waals surface area contributed by atoms with Gasteiger partial charge in [0.2, 0.25) is 0 Å². The third kappa shape index (κ3) is 2.33. The molecule has 0 atom stereocenters. The first-order valence-corrected chi connectivity index (χ1v) is 6.19. The molecular formula is C12H14BrNO2. The molecule has 1 aromatic rings. The van der Waals surface area contributed by atoms with E-state index in [2.05, 4.69) is 33.2 Å². The van der Waals surface area contributed by atoms with Crippen LogP contribution in [0.15, 0.2) is 33.9 Å². The first-order chi connectivity index (χ1) is 7.77. The van der Waals surface area contributed by atoms with Crippen molar-refractivity contribution >= 4 is 15.9 Å². The summed E-state index contributed by atoms with van der Waals surface area (Å²) in [6.45, 7) is 1.76. The van der Waals surface area contributed by atoms with Crippen molar-refractivity contribution < 1.29 is 4.74 Å². The molecule has 1 aromatic carbocycles. The smallest absolute Gasteiger partial charge is 0.0909 e. The normalized spacial score (nSPS) is 19.3. The van der Waals surface area contributed by atoms with Crippen molar-refractivity contribution in [3.63, 3.8) is 0 Å². The van der Waals surface area contributed by atoms with E-state index in [1.54, 1.807) is 0 Å². The van der Waals surface area contributed by atoms with Crippen molar-refractivity contribution in [2.45, 2.75) is 18.3 Å². The Labute approximate surface area is 103 Å². The number of hydrogen-bond donors (Lipinski definition) is 0. The molecule has 0 unspecified atom stereocenters. The van der Waals surface area contributed by atoms with Gasteiger partial charge in [-0.25, -0.2) is 0 Å². The van der Waals surface area contributed by atoms with Crippen molar-refractivity contribution in [3.05, 3.63) is 39.2 Å². The third-order valence-corrected chi connectivity index (χ3v) is 3.75. The highest BCUT2D eigenvalue weighted by Crippen LogP contribution is 2.36. The lowest BCUT2D eigenvalue weighted by Crippen LogP contribution is -2.36. The molecule has 0 aliphatic carbocycles. The van der Waals surface area contributed by atoms with Crippen LogP contribution in [0.1, 0.15) is 18.4 Å². The molecule has 0 bridgehead atoms. The van der Waals surface area contributed by atoms with Gasteiger partial charge in [0, 0.05) is 23.1 Å². The zero-order valence-corrected chi connectivity index (χ0v) is 10.6. The predicted octanol–water partition coefficient (Wildman–Crippen LogP) is 3.26. The topological polar surface area (TPSA) is 38.7 Å². The third-order valence-electron chi connectivity index (χ3n) is 3.25. The number of hydrogen-bond acceptors (Lipinski definition) is 3. The summed E-state index contributed by atoms with van der Waals surface area (Å²) >= 11 is 3.46. The first kappa shape index (κ1) is 11.7. The van der Waals surface area contributed by atoms with E-state index in [1.165, 1.54) is 5.56 Å². The van der Waals surface area contributed by atoms with Crippen LogP contribution in [0.25, 0.3) is 0 Å². The van der Waals surface area contributed by atoms with E-state index < -0.39 is 0 Å². The van der Waals surface area contributed by atoms with Crippen LogP contribution in [-0.2, 0) is 10.2 Å². The standard InChI is InChI=1S/C12H14BrNO2/c13-11-3-1-2-10(8-11)12(9-14-15)4-6-16-7-5-12/h1-3,8H,4-7,9H2. The fourth-order valence-corrected chi connectivity index (χ4v) is 2.64. The zero-order chi connectivity index (χ0) is 11.4. The lowest BCUT2D eigenvalue weighted by Gasteiger charge is -2.35. The van der Waals surface area contributed by atoms with Crippen molar-refractivity contribution in [2.75, 3.05) is 19.8 Å². The van der Waals surface area contributed by atoms with E-state index in [-0.39, 0.29) is 5.41 Å². The number of benzene rings is 1. The van der Waals surface area contributed by atoms with Crippen LogP contribution in [0.3, 0.4) is 0 Å². The molecule has 0 aromatic heterocycles. The molecule has 0 amide bonds. The minimum atomic E-state index is -0.121. The zero-order valence-electron chi connectivity index (χ0n) is 8.99. The molecule has 1 heterocycles. The second kappa shape index (κ2) is 5.06. The van der Waals surface area contributed by atoms with Crippen LogP contribution in [0.4, 0.5) is 0 Å². The summed E-state index contributed by atoms with van der Waals surface area (Å²) in [4.78, 5) is 10.6. The minimum Gasteiger partial charge on any atom is -0.381 e. The Morgan fingerprint density at radius 1 is 1.38 bits per heavy atom. The molecule has 0 spiro atoms. The average molecular weight is 284 g/mol. The van der Waals surface area contributed by atoms with Gasteiger partial charge in [0.15, 0.2) is 0 Å². The average Bonchev–Trinajstić information content (AvgIpc) is 2.31. The first-order valence-electron chi connectivity index (χ1n) is 5.40. The lowest BCUT2D eigenvalue weighted by atomic mass is 9.74. The molecule has 1 aliphatic rings. The minimum absolute atomic E-state index is 0.121. The van der Waals surface area contributed by atoms with E-state index >= 15 is 0 Å². The SMILES string of the molecule is O=NCC1(c2cccc(Br)c2)CCOCC1. The number of ether oxygens (including phenoxy) is 1. The van der Waals surface area contributed by atoms with Crippen LogP contribution in [0, 0.1) is 4.91 Å². The summed E-state index contributed by atoms with van der Waals surface area (Å²) in [6.07, 6.45) is 1.74. The quantitative estimate of drug-likeness (QED) is 0.799. The van der Waals surface area contributed by atoms with Crippen LogP contribution >= 0.6 is 15.9 Å². The Bertz CT molecular complexity index is 375. The maximum absolute atomic E-state index is 10.6. The number of rotatable bonds is 3. The van der Waals surface area contributed by atoms with E-state index in [1.807, 2.05) is 12.1 Å². The van der Waals surface area contributed by atoms with E-state index in [9.17, 15) is 4.91 Å². The van der Waals surface area contributed by atoms with Crippen LogP contribution in [-0.4, -0.2) is 19.8 Å². The monoisotopic (exact) mass is 283 g/mol. The summed E-state index contributed by atoms with van der Waals surface area (Å²) in [7, 11) is 0. The maximum atomic E-state index is 10.6. The maximum Gasteiger partial charge on any atom is 0.0909 e.